The van der Waals surface area contributed by atoms with Gasteiger partial charge >= 0.3 is 0 Å². The van der Waals surface area contributed by atoms with Crippen molar-refractivity contribution in [3.05, 3.63) is 52.2 Å². The van der Waals surface area contributed by atoms with Gasteiger partial charge in [-0.3, -0.25) is 4.79 Å². The molecule has 1 heterocycles. The number of carbonyl (C=O) groups excluding carboxylic acids is 1. The molecule has 0 aliphatic heterocycles. The summed E-state index contributed by atoms with van der Waals surface area (Å²) in [6, 6.07) is 11.9. The molecule has 0 aliphatic rings. The maximum atomic E-state index is 11.7. The van der Waals surface area contributed by atoms with Crippen LogP contribution in [0.25, 0.3) is 0 Å². The zero-order valence-corrected chi connectivity index (χ0v) is 13.0. The van der Waals surface area contributed by atoms with Crippen LogP contribution in [0.15, 0.2) is 41.8 Å². The summed E-state index contributed by atoms with van der Waals surface area (Å²) >= 11 is 1.59. The minimum absolute atomic E-state index is 0.00708. The van der Waals surface area contributed by atoms with E-state index in [1.807, 2.05) is 60.8 Å². The SMILES string of the molecule is CN(C)c1ccccc1C#CCNC(=O)Cc1cccs1. The second kappa shape index (κ2) is 7.51. The zero-order valence-electron chi connectivity index (χ0n) is 12.2. The number of hydrogen-bond acceptors (Lipinski definition) is 3. The van der Waals surface area contributed by atoms with Gasteiger partial charge in [0, 0.05) is 24.5 Å². The first-order chi connectivity index (χ1) is 10.2. The average Bonchev–Trinajstić information content (AvgIpc) is 2.96. The molecule has 0 saturated carbocycles. The van der Waals surface area contributed by atoms with Crippen molar-refractivity contribution in [3.63, 3.8) is 0 Å². The van der Waals surface area contributed by atoms with E-state index in [-0.39, 0.29) is 5.91 Å². The number of para-hydroxylation sites is 1. The lowest BCUT2D eigenvalue weighted by Crippen LogP contribution is -2.24. The molecule has 1 aromatic carbocycles. The van der Waals surface area contributed by atoms with E-state index in [2.05, 4.69) is 17.2 Å². The van der Waals surface area contributed by atoms with Crippen molar-refractivity contribution < 1.29 is 4.79 Å². The van der Waals surface area contributed by atoms with E-state index >= 15 is 0 Å². The third-order valence-corrected chi connectivity index (χ3v) is 3.77. The van der Waals surface area contributed by atoms with Gasteiger partial charge in [0.25, 0.3) is 0 Å². The fourth-order valence-electron chi connectivity index (χ4n) is 1.89. The quantitative estimate of drug-likeness (QED) is 0.880. The Morgan fingerprint density at radius 1 is 1.24 bits per heavy atom. The summed E-state index contributed by atoms with van der Waals surface area (Å²) in [6.45, 7) is 0.367. The molecule has 1 aromatic heterocycles. The van der Waals surface area contributed by atoms with Crippen molar-refractivity contribution >= 4 is 22.9 Å². The first-order valence-electron chi connectivity index (χ1n) is 6.71. The van der Waals surface area contributed by atoms with Gasteiger partial charge in [-0.1, -0.05) is 30.0 Å². The Hall–Kier alpha value is -2.25. The van der Waals surface area contributed by atoms with Crippen molar-refractivity contribution in [1.29, 1.82) is 0 Å². The monoisotopic (exact) mass is 298 g/mol. The largest absolute Gasteiger partial charge is 0.377 e. The fourth-order valence-corrected chi connectivity index (χ4v) is 2.59. The number of carbonyl (C=O) groups is 1. The van der Waals surface area contributed by atoms with Crippen LogP contribution in [0.2, 0.25) is 0 Å². The number of nitrogens with one attached hydrogen (secondary N) is 1. The molecule has 2 rings (SSSR count). The van der Waals surface area contributed by atoms with Crippen molar-refractivity contribution in [2.24, 2.45) is 0 Å². The van der Waals surface area contributed by atoms with Gasteiger partial charge in [-0.05, 0) is 23.6 Å². The lowest BCUT2D eigenvalue weighted by molar-refractivity contribution is -0.120. The van der Waals surface area contributed by atoms with Gasteiger partial charge in [-0.15, -0.1) is 11.3 Å². The van der Waals surface area contributed by atoms with Crippen LogP contribution in [0, 0.1) is 11.8 Å². The highest BCUT2D eigenvalue weighted by Crippen LogP contribution is 2.16. The number of hydrogen-bond donors (Lipinski definition) is 1. The molecule has 4 heteroatoms. The van der Waals surface area contributed by atoms with E-state index in [1.165, 1.54) is 0 Å². The first kappa shape index (κ1) is 15.1. The van der Waals surface area contributed by atoms with Crippen molar-refractivity contribution in [2.75, 3.05) is 25.5 Å². The smallest absolute Gasteiger partial charge is 0.226 e. The zero-order chi connectivity index (χ0) is 15.1. The van der Waals surface area contributed by atoms with Gasteiger partial charge in [0.2, 0.25) is 5.91 Å². The number of anilines is 1. The molecule has 0 atom stereocenters. The molecule has 0 aliphatic carbocycles. The summed E-state index contributed by atoms with van der Waals surface area (Å²) in [5, 5.41) is 4.79. The summed E-state index contributed by atoms with van der Waals surface area (Å²) in [5.41, 5.74) is 2.05. The molecular formula is C17H18N2OS. The third kappa shape index (κ3) is 4.66. The van der Waals surface area contributed by atoms with Gasteiger partial charge in [0.15, 0.2) is 0 Å². The number of benzene rings is 1. The predicted molar refractivity (Wildman–Crippen MR) is 88.7 cm³/mol. The number of amides is 1. The van der Waals surface area contributed by atoms with E-state index < -0.39 is 0 Å². The van der Waals surface area contributed by atoms with E-state index in [9.17, 15) is 4.79 Å². The first-order valence-corrected chi connectivity index (χ1v) is 7.59. The van der Waals surface area contributed by atoms with Crippen molar-refractivity contribution in [2.45, 2.75) is 6.42 Å². The molecule has 108 valence electrons. The number of thiophene rings is 1. The molecule has 1 amide bonds. The predicted octanol–water partition coefficient (Wildman–Crippen LogP) is 2.52. The Balaban J connectivity index is 1.88. The highest BCUT2D eigenvalue weighted by Gasteiger charge is 2.02. The van der Waals surface area contributed by atoms with Crippen LogP contribution in [0.3, 0.4) is 0 Å². The summed E-state index contributed by atoms with van der Waals surface area (Å²) in [4.78, 5) is 14.8. The summed E-state index contributed by atoms with van der Waals surface area (Å²) in [7, 11) is 3.98. The molecule has 2 aromatic rings. The lowest BCUT2D eigenvalue weighted by Gasteiger charge is -2.13. The molecule has 0 saturated heterocycles. The van der Waals surface area contributed by atoms with Gasteiger partial charge in [-0.2, -0.15) is 0 Å². The molecule has 21 heavy (non-hydrogen) atoms. The van der Waals surface area contributed by atoms with Crippen LogP contribution in [0.1, 0.15) is 10.4 Å². The summed E-state index contributed by atoms with van der Waals surface area (Å²) in [5.74, 6) is 6.11. The minimum Gasteiger partial charge on any atom is -0.377 e. The highest BCUT2D eigenvalue weighted by atomic mass is 32.1. The van der Waals surface area contributed by atoms with Gasteiger partial charge < -0.3 is 10.2 Å². The Morgan fingerprint density at radius 3 is 2.76 bits per heavy atom. The second-order valence-electron chi connectivity index (χ2n) is 4.75. The van der Waals surface area contributed by atoms with Crippen LogP contribution in [-0.2, 0) is 11.2 Å². The van der Waals surface area contributed by atoms with Crippen LogP contribution < -0.4 is 10.2 Å². The topological polar surface area (TPSA) is 32.3 Å². The molecule has 0 spiro atoms. The Bertz CT molecular complexity index is 651. The van der Waals surface area contributed by atoms with E-state index in [4.69, 9.17) is 0 Å². The fraction of sp³-hybridized carbons (Fsp3) is 0.235. The normalized spacial score (nSPS) is 9.62. The van der Waals surface area contributed by atoms with Crippen LogP contribution in [0.4, 0.5) is 5.69 Å². The van der Waals surface area contributed by atoms with Crippen molar-refractivity contribution in [3.8, 4) is 11.8 Å². The van der Waals surface area contributed by atoms with E-state index in [0.29, 0.717) is 13.0 Å². The molecule has 3 nitrogen and oxygen atoms in total. The van der Waals surface area contributed by atoms with Crippen LogP contribution in [-0.4, -0.2) is 26.5 Å². The van der Waals surface area contributed by atoms with Gasteiger partial charge in [-0.25, -0.2) is 0 Å². The minimum atomic E-state index is 0.00708. The molecule has 0 bridgehead atoms. The number of nitrogens with zero attached hydrogens (tertiary/aromatic N) is 1. The maximum absolute atomic E-state index is 11.7. The highest BCUT2D eigenvalue weighted by molar-refractivity contribution is 7.10. The summed E-state index contributed by atoms with van der Waals surface area (Å²) < 4.78 is 0. The molecule has 0 unspecified atom stereocenters. The van der Waals surface area contributed by atoms with Crippen LogP contribution >= 0.6 is 11.3 Å². The molecule has 1 N–H and O–H groups in total. The van der Waals surface area contributed by atoms with Gasteiger partial charge in [0.1, 0.15) is 0 Å². The second-order valence-corrected chi connectivity index (χ2v) is 5.78. The van der Waals surface area contributed by atoms with Gasteiger partial charge in [0.05, 0.1) is 18.7 Å². The molecule has 0 radical (unpaired) electrons. The number of rotatable bonds is 4. The standard InChI is InChI=1S/C17H18N2OS/c1-19(2)16-10-4-3-7-14(16)8-5-11-18-17(20)13-15-9-6-12-21-15/h3-4,6-7,9-10,12H,11,13H2,1-2H3,(H,18,20). The Kier molecular flexibility index (Phi) is 5.42. The van der Waals surface area contributed by atoms with E-state index in [0.717, 1.165) is 16.1 Å². The summed E-state index contributed by atoms with van der Waals surface area (Å²) in [6.07, 6.45) is 0.424. The van der Waals surface area contributed by atoms with Crippen LogP contribution in [0.5, 0.6) is 0 Å². The lowest BCUT2D eigenvalue weighted by atomic mass is 10.1. The maximum Gasteiger partial charge on any atom is 0.226 e. The Labute approximate surface area is 129 Å². The molecule has 0 fully saturated rings. The third-order valence-electron chi connectivity index (χ3n) is 2.90. The van der Waals surface area contributed by atoms with E-state index in [1.54, 1.807) is 11.3 Å². The average molecular weight is 298 g/mol. The molecular weight excluding hydrogens is 280 g/mol. The van der Waals surface area contributed by atoms with Crippen molar-refractivity contribution in [1.82, 2.24) is 5.32 Å². The Morgan fingerprint density at radius 2 is 2.05 bits per heavy atom.